The van der Waals surface area contributed by atoms with E-state index in [1.54, 1.807) is 24.6 Å². The molecule has 0 spiro atoms. The Morgan fingerprint density at radius 1 is 1.40 bits per heavy atom. The molecule has 7 nitrogen and oxygen atoms in total. The number of benzene rings is 1. The summed E-state index contributed by atoms with van der Waals surface area (Å²) in [7, 11) is 1.69. The van der Waals surface area contributed by atoms with E-state index in [0.717, 1.165) is 17.8 Å². The number of hydrogen-bond donors (Lipinski definition) is 1. The van der Waals surface area contributed by atoms with Crippen molar-refractivity contribution in [2.45, 2.75) is 13.1 Å². The first-order chi connectivity index (χ1) is 11.6. The molecule has 130 valence electrons. The smallest absolute Gasteiger partial charge is 0.339 e. The maximum Gasteiger partial charge on any atom is 0.416 e. The van der Waals surface area contributed by atoms with Gasteiger partial charge in [0.1, 0.15) is 17.5 Å². The second-order valence-electron chi connectivity index (χ2n) is 5.10. The number of hydrazone groups is 1. The number of nitrogens with one attached hydrogen (secondary N) is 1. The van der Waals surface area contributed by atoms with Crippen molar-refractivity contribution in [3.63, 3.8) is 0 Å². The van der Waals surface area contributed by atoms with Gasteiger partial charge in [-0.25, -0.2) is 0 Å². The van der Waals surface area contributed by atoms with Crippen molar-refractivity contribution >= 4 is 17.6 Å². The van der Waals surface area contributed by atoms with E-state index in [1.807, 2.05) is 6.07 Å². The Hall–Kier alpha value is -3.35. The molecule has 2 aromatic rings. The molecule has 0 bridgehead atoms. The summed E-state index contributed by atoms with van der Waals surface area (Å²) in [6, 6.07) is 5.68. The lowest BCUT2D eigenvalue weighted by atomic mass is 10.1. The van der Waals surface area contributed by atoms with Gasteiger partial charge in [0.15, 0.2) is 0 Å². The number of nitro groups is 1. The van der Waals surface area contributed by atoms with Crippen molar-refractivity contribution in [2.24, 2.45) is 12.1 Å². The molecule has 0 unspecified atom stereocenters. The van der Waals surface area contributed by atoms with Crippen molar-refractivity contribution in [3.8, 4) is 6.07 Å². The highest BCUT2D eigenvalue weighted by atomic mass is 19.4. The molecule has 25 heavy (non-hydrogen) atoms. The number of nitro benzene ring substituents is 1. The molecule has 1 aromatic heterocycles. The van der Waals surface area contributed by atoms with Crippen molar-refractivity contribution in [1.29, 1.82) is 5.26 Å². The Bertz CT molecular complexity index is 894. The normalized spacial score (nSPS) is 11.5. The van der Waals surface area contributed by atoms with Crippen LogP contribution in [-0.2, 0) is 13.2 Å². The lowest BCUT2D eigenvalue weighted by molar-refractivity contribution is -0.384. The molecular weight excluding hydrogens is 339 g/mol. The average Bonchev–Trinajstić information content (AvgIpc) is 2.81. The number of hydrogen-bond acceptors (Lipinski definition) is 5. The largest absolute Gasteiger partial charge is 0.416 e. The standard InChI is InChI=1S/C15H12F3N5O2/c1-9-10(5-12(7-19)22(9)2)8-20-21-13-4-3-11(15(16,17)18)6-14(13)23(24)25/h3-6,8,21H,1-2H3/b20-8-. The van der Waals surface area contributed by atoms with Crippen LogP contribution in [0.25, 0.3) is 0 Å². The fraction of sp³-hybridized carbons (Fsp3) is 0.200. The van der Waals surface area contributed by atoms with Gasteiger partial charge in [0.2, 0.25) is 0 Å². The molecule has 1 aromatic carbocycles. The number of aromatic nitrogens is 1. The van der Waals surface area contributed by atoms with Crippen LogP contribution in [0.4, 0.5) is 24.5 Å². The monoisotopic (exact) mass is 351 g/mol. The third-order valence-corrected chi connectivity index (χ3v) is 3.60. The van der Waals surface area contributed by atoms with E-state index in [9.17, 15) is 23.3 Å². The fourth-order valence-corrected chi connectivity index (χ4v) is 2.09. The highest BCUT2D eigenvalue weighted by Gasteiger charge is 2.33. The van der Waals surface area contributed by atoms with Crippen LogP contribution in [0.2, 0.25) is 0 Å². The third-order valence-electron chi connectivity index (χ3n) is 3.60. The van der Waals surface area contributed by atoms with Crippen molar-refractivity contribution < 1.29 is 18.1 Å². The van der Waals surface area contributed by atoms with Gasteiger partial charge in [-0.2, -0.15) is 23.5 Å². The van der Waals surface area contributed by atoms with Crippen LogP contribution in [-0.4, -0.2) is 15.7 Å². The third kappa shape index (κ3) is 3.77. The van der Waals surface area contributed by atoms with Crippen molar-refractivity contribution in [3.05, 3.63) is 56.9 Å². The Labute approximate surface area is 140 Å². The number of nitriles is 1. The van der Waals surface area contributed by atoms with Gasteiger partial charge in [0.05, 0.1) is 16.7 Å². The number of alkyl halides is 3. The van der Waals surface area contributed by atoms with E-state index >= 15 is 0 Å². The predicted molar refractivity (Wildman–Crippen MR) is 84.2 cm³/mol. The van der Waals surface area contributed by atoms with Crippen LogP contribution in [0.15, 0.2) is 29.4 Å². The van der Waals surface area contributed by atoms with E-state index in [-0.39, 0.29) is 5.69 Å². The fourth-order valence-electron chi connectivity index (χ4n) is 2.09. The zero-order valence-electron chi connectivity index (χ0n) is 13.1. The first-order valence-electron chi connectivity index (χ1n) is 6.86. The molecule has 0 amide bonds. The van der Waals surface area contributed by atoms with E-state index in [0.29, 0.717) is 17.3 Å². The van der Waals surface area contributed by atoms with Gasteiger partial charge < -0.3 is 4.57 Å². The minimum Gasteiger partial charge on any atom is -0.339 e. The molecule has 0 saturated carbocycles. The lowest BCUT2D eigenvalue weighted by Crippen LogP contribution is -2.06. The van der Waals surface area contributed by atoms with Gasteiger partial charge in [-0.15, -0.1) is 0 Å². The highest BCUT2D eigenvalue weighted by Crippen LogP contribution is 2.34. The summed E-state index contributed by atoms with van der Waals surface area (Å²) < 4.78 is 39.6. The van der Waals surface area contributed by atoms with Gasteiger partial charge >= 0.3 is 6.18 Å². The van der Waals surface area contributed by atoms with Crippen LogP contribution in [0, 0.1) is 28.4 Å². The molecule has 0 saturated heterocycles. The second kappa shape index (κ2) is 6.64. The van der Waals surface area contributed by atoms with Crippen molar-refractivity contribution in [2.75, 3.05) is 5.43 Å². The van der Waals surface area contributed by atoms with E-state index in [1.165, 1.54) is 6.21 Å². The molecule has 0 fully saturated rings. The number of halogens is 3. The number of anilines is 1. The summed E-state index contributed by atoms with van der Waals surface area (Å²) in [5.74, 6) is 0. The molecule has 0 atom stereocenters. The van der Waals surface area contributed by atoms with E-state index in [2.05, 4.69) is 10.5 Å². The Balaban J connectivity index is 2.29. The Morgan fingerprint density at radius 2 is 2.08 bits per heavy atom. The first kappa shape index (κ1) is 18.0. The summed E-state index contributed by atoms with van der Waals surface area (Å²) in [6.07, 6.45) is -3.35. The zero-order valence-corrected chi connectivity index (χ0v) is 13.1. The SMILES string of the molecule is Cc1c(/C=N\Nc2ccc(C(F)(F)F)cc2[N+](=O)[O-])cc(C#N)n1C. The van der Waals surface area contributed by atoms with Crippen LogP contribution in [0.5, 0.6) is 0 Å². The number of rotatable bonds is 4. The first-order valence-corrected chi connectivity index (χ1v) is 6.86. The predicted octanol–water partition coefficient (Wildman–Crippen LogP) is 3.58. The van der Waals surface area contributed by atoms with Gasteiger partial charge in [-0.1, -0.05) is 0 Å². The quantitative estimate of drug-likeness (QED) is 0.517. The van der Waals surface area contributed by atoms with Gasteiger partial charge in [-0.3, -0.25) is 15.5 Å². The minimum atomic E-state index is -4.68. The topological polar surface area (TPSA) is 96.2 Å². The van der Waals surface area contributed by atoms with Crippen LogP contribution in [0.1, 0.15) is 22.5 Å². The molecule has 2 rings (SSSR count). The maximum atomic E-state index is 12.7. The van der Waals surface area contributed by atoms with Gasteiger partial charge in [-0.05, 0) is 25.1 Å². The molecular formula is C15H12F3N5O2. The zero-order chi connectivity index (χ0) is 18.8. The molecule has 0 radical (unpaired) electrons. The molecule has 0 aliphatic carbocycles. The summed E-state index contributed by atoms with van der Waals surface area (Å²) >= 11 is 0. The summed E-state index contributed by atoms with van der Waals surface area (Å²) in [5.41, 5.74) is 2.07. The molecule has 0 aliphatic rings. The van der Waals surface area contributed by atoms with E-state index in [4.69, 9.17) is 5.26 Å². The lowest BCUT2D eigenvalue weighted by Gasteiger charge is -2.08. The molecule has 0 aliphatic heterocycles. The summed E-state index contributed by atoms with van der Waals surface area (Å²) in [6.45, 7) is 1.75. The molecule has 1 N–H and O–H groups in total. The number of nitrogens with zero attached hydrogens (tertiary/aromatic N) is 4. The average molecular weight is 351 g/mol. The Morgan fingerprint density at radius 3 is 2.60 bits per heavy atom. The maximum absolute atomic E-state index is 12.7. The molecule has 1 heterocycles. The van der Waals surface area contributed by atoms with Gasteiger partial charge in [0, 0.05) is 24.4 Å². The summed E-state index contributed by atoms with van der Waals surface area (Å²) in [4.78, 5) is 10.1. The summed E-state index contributed by atoms with van der Waals surface area (Å²) in [5, 5.41) is 23.7. The highest BCUT2D eigenvalue weighted by molar-refractivity contribution is 5.83. The van der Waals surface area contributed by atoms with E-state index < -0.39 is 22.4 Å². The van der Waals surface area contributed by atoms with Crippen LogP contribution >= 0.6 is 0 Å². The van der Waals surface area contributed by atoms with Crippen LogP contribution < -0.4 is 5.43 Å². The second-order valence-corrected chi connectivity index (χ2v) is 5.10. The molecule has 10 heteroatoms. The minimum absolute atomic E-state index is 0.177. The van der Waals surface area contributed by atoms with Crippen LogP contribution in [0.3, 0.4) is 0 Å². The van der Waals surface area contributed by atoms with Gasteiger partial charge in [0.25, 0.3) is 5.69 Å². The Kier molecular flexibility index (Phi) is 4.78. The van der Waals surface area contributed by atoms with Crippen molar-refractivity contribution in [1.82, 2.24) is 4.57 Å².